The van der Waals surface area contributed by atoms with Crippen molar-refractivity contribution in [2.45, 2.75) is 4.90 Å². The molecule has 2 aromatic carbocycles. The summed E-state index contributed by atoms with van der Waals surface area (Å²) in [5.74, 6) is -0.404. The number of aromatic hydroxyl groups is 1. The number of anilines is 1. The van der Waals surface area contributed by atoms with Crippen LogP contribution < -0.4 is 10.3 Å². The zero-order valence-corrected chi connectivity index (χ0v) is 15.3. The minimum atomic E-state index is -3.73. The van der Waals surface area contributed by atoms with Gasteiger partial charge in [0, 0.05) is 11.9 Å². The SMILES string of the molecule is O=c1[nH]c(=S)[nH]c(O)c1C=Nc1ccc(S(=O)(=O)Nc2ccccc2)cc1. The molecule has 0 saturated carbocycles. The number of para-hydroxylation sites is 1. The molecule has 0 aliphatic heterocycles. The Balaban J connectivity index is 1.82. The van der Waals surface area contributed by atoms with E-state index in [1.165, 1.54) is 24.3 Å². The number of aromatic nitrogens is 2. The Morgan fingerprint density at radius 3 is 2.33 bits per heavy atom. The quantitative estimate of drug-likeness (QED) is 0.385. The Morgan fingerprint density at radius 2 is 1.70 bits per heavy atom. The maximum Gasteiger partial charge on any atom is 0.264 e. The number of sulfonamides is 1. The molecule has 0 amide bonds. The largest absolute Gasteiger partial charge is 0.494 e. The van der Waals surface area contributed by atoms with Crippen LogP contribution in [0.4, 0.5) is 11.4 Å². The molecule has 0 spiro atoms. The first kappa shape index (κ1) is 18.5. The van der Waals surface area contributed by atoms with E-state index in [2.05, 4.69) is 19.7 Å². The molecule has 3 aromatic rings. The summed E-state index contributed by atoms with van der Waals surface area (Å²) in [5, 5.41) is 9.72. The van der Waals surface area contributed by atoms with Gasteiger partial charge in [0.1, 0.15) is 5.56 Å². The fourth-order valence-electron chi connectivity index (χ4n) is 2.17. The zero-order valence-electron chi connectivity index (χ0n) is 13.7. The van der Waals surface area contributed by atoms with Gasteiger partial charge in [0.25, 0.3) is 15.6 Å². The fraction of sp³-hybridized carbons (Fsp3) is 0. The Bertz CT molecular complexity index is 1200. The molecule has 3 rings (SSSR count). The highest BCUT2D eigenvalue weighted by atomic mass is 32.2. The normalized spacial score (nSPS) is 11.6. The average Bonchev–Trinajstić information content (AvgIpc) is 2.61. The molecule has 1 aromatic heterocycles. The molecule has 0 bridgehead atoms. The monoisotopic (exact) mass is 402 g/mol. The third kappa shape index (κ3) is 4.49. The number of benzene rings is 2. The summed E-state index contributed by atoms with van der Waals surface area (Å²) in [7, 11) is -3.73. The maximum absolute atomic E-state index is 12.4. The smallest absolute Gasteiger partial charge is 0.264 e. The van der Waals surface area contributed by atoms with E-state index in [1.807, 2.05) is 0 Å². The van der Waals surface area contributed by atoms with Gasteiger partial charge in [-0.2, -0.15) is 0 Å². The van der Waals surface area contributed by atoms with Crippen LogP contribution in [0.2, 0.25) is 0 Å². The van der Waals surface area contributed by atoms with E-state index in [0.29, 0.717) is 11.4 Å². The molecule has 0 radical (unpaired) electrons. The van der Waals surface area contributed by atoms with E-state index < -0.39 is 21.5 Å². The van der Waals surface area contributed by atoms with Crippen molar-refractivity contribution in [3.05, 3.63) is 75.3 Å². The molecule has 0 unspecified atom stereocenters. The highest BCUT2D eigenvalue weighted by Crippen LogP contribution is 2.19. The zero-order chi connectivity index (χ0) is 19.4. The molecule has 10 heteroatoms. The van der Waals surface area contributed by atoms with Crippen LogP contribution >= 0.6 is 12.2 Å². The summed E-state index contributed by atoms with van der Waals surface area (Å²) < 4.78 is 27.2. The lowest BCUT2D eigenvalue weighted by atomic mass is 10.3. The second-order valence-corrected chi connectivity index (χ2v) is 7.48. The molecule has 0 fully saturated rings. The molecule has 8 nitrogen and oxygen atoms in total. The molecule has 0 aliphatic rings. The van der Waals surface area contributed by atoms with Gasteiger partial charge >= 0.3 is 0 Å². The van der Waals surface area contributed by atoms with Gasteiger partial charge in [-0.25, -0.2) is 8.42 Å². The van der Waals surface area contributed by atoms with Gasteiger partial charge in [0.05, 0.1) is 10.6 Å². The lowest BCUT2D eigenvalue weighted by Gasteiger charge is -2.07. The molecule has 0 saturated heterocycles. The lowest BCUT2D eigenvalue weighted by molar-refractivity contribution is 0.449. The van der Waals surface area contributed by atoms with Crippen molar-refractivity contribution >= 4 is 39.8 Å². The summed E-state index contributed by atoms with van der Waals surface area (Å²) in [5.41, 5.74) is 0.169. The molecule has 27 heavy (non-hydrogen) atoms. The standard InChI is InChI=1S/C17H14N4O4S2/c22-15-14(16(23)20-17(26)19-15)10-18-11-6-8-13(9-7-11)27(24,25)21-12-4-2-1-3-5-12/h1-10,21H,(H3,19,20,22,23,26). The van der Waals surface area contributed by atoms with E-state index in [-0.39, 0.29) is 15.2 Å². The first-order chi connectivity index (χ1) is 12.8. The van der Waals surface area contributed by atoms with E-state index >= 15 is 0 Å². The van der Waals surface area contributed by atoms with Crippen LogP contribution in [0.5, 0.6) is 5.88 Å². The van der Waals surface area contributed by atoms with Gasteiger partial charge in [0.15, 0.2) is 4.77 Å². The van der Waals surface area contributed by atoms with Crippen LogP contribution in [-0.4, -0.2) is 29.7 Å². The summed E-state index contributed by atoms with van der Waals surface area (Å²) in [6.07, 6.45) is 1.16. The molecule has 0 atom stereocenters. The Morgan fingerprint density at radius 1 is 1.04 bits per heavy atom. The van der Waals surface area contributed by atoms with Gasteiger partial charge in [-0.3, -0.25) is 19.5 Å². The van der Waals surface area contributed by atoms with Crippen LogP contribution in [0.25, 0.3) is 0 Å². The van der Waals surface area contributed by atoms with Crippen LogP contribution in [0, 0.1) is 4.77 Å². The summed E-state index contributed by atoms with van der Waals surface area (Å²) in [6, 6.07) is 14.3. The van der Waals surface area contributed by atoms with Crippen LogP contribution in [0.3, 0.4) is 0 Å². The van der Waals surface area contributed by atoms with Crippen molar-refractivity contribution in [2.75, 3.05) is 4.72 Å². The van der Waals surface area contributed by atoms with Gasteiger partial charge in [-0.05, 0) is 48.6 Å². The van der Waals surface area contributed by atoms with Gasteiger partial charge < -0.3 is 10.1 Å². The Kier molecular flexibility index (Phi) is 5.19. The van der Waals surface area contributed by atoms with Crippen molar-refractivity contribution in [1.29, 1.82) is 0 Å². The van der Waals surface area contributed by atoms with Crippen molar-refractivity contribution in [2.24, 2.45) is 4.99 Å². The molecule has 1 heterocycles. The first-order valence-electron chi connectivity index (χ1n) is 7.63. The van der Waals surface area contributed by atoms with Crippen LogP contribution in [-0.2, 0) is 10.0 Å². The number of nitrogens with one attached hydrogen (secondary N) is 3. The third-order valence-electron chi connectivity index (χ3n) is 3.47. The average molecular weight is 402 g/mol. The highest BCUT2D eigenvalue weighted by molar-refractivity contribution is 7.92. The topological polar surface area (TPSA) is 127 Å². The first-order valence-corrected chi connectivity index (χ1v) is 9.52. The minimum absolute atomic E-state index is 0.00451. The molecular formula is C17H14N4O4S2. The van der Waals surface area contributed by atoms with E-state index in [4.69, 9.17) is 12.2 Å². The van der Waals surface area contributed by atoms with E-state index in [1.54, 1.807) is 30.3 Å². The van der Waals surface area contributed by atoms with Crippen LogP contribution in [0.1, 0.15) is 5.56 Å². The second-order valence-electron chi connectivity index (χ2n) is 5.39. The van der Waals surface area contributed by atoms with E-state index in [0.717, 1.165) is 6.21 Å². The number of hydrogen-bond acceptors (Lipinski definition) is 6. The Hall–Kier alpha value is -3.24. The number of hydrogen-bond donors (Lipinski definition) is 4. The van der Waals surface area contributed by atoms with Crippen LogP contribution in [0.15, 0.2) is 69.3 Å². The second kappa shape index (κ2) is 7.56. The summed E-state index contributed by atoms with van der Waals surface area (Å²) in [4.78, 5) is 20.6. The van der Waals surface area contributed by atoms with Crippen molar-refractivity contribution in [3.8, 4) is 5.88 Å². The summed E-state index contributed by atoms with van der Waals surface area (Å²) in [6.45, 7) is 0. The van der Waals surface area contributed by atoms with Crippen molar-refractivity contribution < 1.29 is 13.5 Å². The van der Waals surface area contributed by atoms with E-state index in [9.17, 15) is 18.3 Å². The van der Waals surface area contributed by atoms with Gasteiger partial charge in [-0.15, -0.1) is 0 Å². The van der Waals surface area contributed by atoms with Gasteiger partial charge in [0.2, 0.25) is 5.88 Å². The Labute approximate surface area is 159 Å². The molecule has 4 N–H and O–H groups in total. The molecule has 0 aliphatic carbocycles. The third-order valence-corrected chi connectivity index (χ3v) is 5.08. The van der Waals surface area contributed by atoms with Crippen molar-refractivity contribution in [1.82, 2.24) is 9.97 Å². The number of rotatable bonds is 5. The highest BCUT2D eigenvalue weighted by Gasteiger charge is 2.13. The number of aromatic amines is 2. The molecule has 138 valence electrons. The minimum Gasteiger partial charge on any atom is -0.494 e. The van der Waals surface area contributed by atoms with Crippen molar-refractivity contribution in [3.63, 3.8) is 0 Å². The summed E-state index contributed by atoms with van der Waals surface area (Å²) >= 11 is 4.74. The molecular weight excluding hydrogens is 388 g/mol. The maximum atomic E-state index is 12.4. The number of aliphatic imine (C=N–C) groups is 1. The number of H-pyrrole nitrogens is 2. The predicted octanol–water partition coefficient (Wildman–Crippen LogP) is 2.69. The fourth-order valence-corrected chi connectivity index (χ4v) is 3.42. The number of nitrogens with zero attached hydrogens (tertiary/aromatic N) is 1. The van der Waals surface area contributed by atoms with Gasteiger partial charge in [-0.1, -0.05) is 18.2 Å². The lowest BCUT2D eigenvalue weighted by Crippen LogP contribution is -2.13. The predicted molar refractivity (Wildman–Crippen MR) is 105 cm³/mol.